The Bertz CT molecular complexity index is 918. The van der Waals surface area contributed by atoms with E-state index in [2.05, 4.69) is 20.2 Å². The van der Waals surface area contributed by atoms with E-state index >= 15 is 0 Å². The highest BCUT2D eigenvalue weighted by Gasteiger charge is 2.22. The fraction of sp³-hybridized carbons (Fsp3) is 0.300. The molecule has 1 amide bonds. The minimum Gasteiger partial charge on any atom is -0.421 e. The van der Waals surface area contributed by atoms with Crippen molar-refractivity contribution in [2.24, 2.45) is 0 Å². The van der Waals surface area contributed by atoms with Crippen molar-refractivity contribution in [3.8, 4) is 0 Å². The van der Waals surface area contributed by atoms with E-state index < -0.39 is 11.9 Å². The summed E-state index contributed by atoms with van der Waals surface area (Å²) >= 11 is 5.93. The fourth-order valence-electron chi connectivity index (χ4n) is 3.12. The number of benzene rings is 1. The Hall–Kier alpha value is -3.01. The van der Waals surface area contributed by atoms with Gasteiger partial charge in [0.1, 0.15) is 5.82 Å². The summed E-state index contributed by atoms with van der Waals surface area (Å²) in [7, 11) is 0. The lowest BCUT2D eigenvalue weighted by Gasteiger charge is -2.17. The molecule has 1 aromatic carbocycles. The lowest BCUT2D eigenvalue weighted by molar-refractivity contribution is -0.142. The number of carbonyl (C=O) groups excluding carboxylic acids is 2. The van der Waals surface area contributed by atoms with Crippen LogP contribution >= 0.6 is 11.6 Å². The maximum Gasteiger partial charge on any atom is 0.310 e. The Morgan fingerprint density at radius 3 is 2.70 bits per heavy atom. The molecule has 1 aliphatic heterocycles. The van der Waals surface area contributed by atoms with Crippen molar-refractivity contribution in [1.29, 1.82) is 0 Å². The summed E-state index contributed by atoms with van der Waals surface area (Å²) in [5.74, 6) is -1.43. The van der Waals surface area contributed by atoms with Crippen LogP contribution < -0.4 is 10.8 Å². The molecule has 10 heteroatoms. The van der Waals surface area contributed by atoms with Gasteiger partial charge in [0, 0.05) is 43.7 Å². The van der Waals surface area contributed by atoms with Gasteiger partial charge in [0.25, 0.3) is 0 Å². The normalized spacial score (nSPS) is 16.9. The molecule has 1 saturated heterocycles. The highest BCUT2D eigenvalue weighted by atomic mass is 35.5. The van der Waals surface area contributed by atoms with E-state index in [4.69, 9.17) is 21.5 Å². The van der Waals surface area contributed by atoms with Gasteiger partial charge in [-0.05, 0) is 24.1 Å². The molecule has 158 valence electrons. The van der Waals surface area contributed by atoms with Gasteiger partial charge in [0.15, 0.2) is 5.76 Å². The van der Waals surface area contributed by atoms with Gasteiger partial charge < -0.3 is 10.1 Å². The number of nitrogens with one attached hydrogen (secondary N) is 2. The molecular weight excluding hydrogens is 410 g/mol. The summed E-state index contributed by atoms with van der Waals surface area (Å²) in [4.78, 5) is 33.5. The average molecular weight is 432 g/mol. The SMILES string of the molecule is CC(=O)O/C(=C/c1cnc(N[C@@H]2CCN(Cc3ccc(Cl)cc3)C2)cn1)C(=O)NO. The van der Waals surface area contributed by atoms with Crippen LogP contribution in [0.4, 0.5) is 5.82 Å². The number of rotatable bonds is 7. The molecule has 0 unspecified atom stereocenters. The zero-order valence-electron chi connectivity index (χ0n) is 16.3. The second-order valence-corrected chi connectivity index (χ2v) is 7.30. The molecule has 1 fully saturated rings. The topological polar surface area (TPSA) is 117 Å². The number of nitrogens with zero attached hydrogens (tertiary/aromatic N) is 3. The largest absolute Gasteiger partial charge is 0.421 e. The molecule has 0 bridgehead atoms. The van der Waals surface area contributed by atoms with Crippen molar-refractivity contribution in [3.63, 3.8) is 0 Å². The molecule has 9 nitrogen and oxygen atoms in total. The maximum atomic E-state index is 11.5. The molecule has 1 aromatic heterocycles. The van der Waals surface area contributed by atoms with E-state index in [0.717, 1.165) is 38.0 Å². The number of ether oxygens (including phenoxy) is 1. The standard InChI is InChI=1S/C20H22ClN5O4/c1-13(27)30-18(20(28)25-29)8-17-9-23-19(10-22-17)24-16-6-7-26(12-16)11-14-2-4-15(21)5-3-14/h2-5,8-10,16,29H,6-7,11-12H2,1H3,(H,23,24)(H,25,28)/b18-8+/t16-/m1/s1. The minimum absolute atomic E-state index is 0.241. The third-order valence-electron chi connectivity index (χ3n) is 4.47. The lowest BCUT2D eigenvalue weighted by atomic mass is 10.2. The average Bonchev–Trinajstić information content (AvgIpc) is 3.16. The van der Waals surface area contributed by atoms with E-state index in [1.165, 1.54) is 29.5 Å². The summed E-state index contributed by atoms with van der Waals surface area (Å²) in [6.07, 6.45) is 5.17. The van der Waals surface area contributed by atoms with Crippen LogP contribution in [0, 0.1) is 0 Å². The first-order valence-electron chi connectivity index (χ1n) is 9.33. The Morgan fingerprint density at radius 1 is 1.30 bits per heavy atom. The van der Waals surface area contributed by atoms with Gasteiger partial charge in [-0.1, -0.05) is 23.7 Å². The molecule has 3 N–H and O–H groups in total. The molecule has 0 spiro atoms. The van der Waals surface area contributed by atoms with Gasteiger partial charge in [0.05, 0.1) is 18.1 Å². The number of aromatic nitrogens is 2. The predicted molar refractivity (Wildman–Crippen MR) is 110 cm³/mol. The van der Waals surface area contributed by atoms with Crippen LogP contribution in [0.3, 0.4) is 0 Å². The second kappa shape index (κ2) is 10.1. The second-order valence-electron chi connectivity index (χ2n) is 6.86. The summed E-state index contributed by atoms with van der Waals surface area (Å²) in [6.45, 7) is 3.85. The Kier molecular flexibility index (Phi) is 7.34. The Labute approximate surface area is 178 Å². The molecule has 1 aliphatic rings. The van der Waals surface area contributed by atoms with E-state index in [-0.39, 0.29) is 11.8 Å². The first kappa shape index (κ1) is 21.7. The zero-order chi connectivity index (χ0) is 21.5. The summed E-state index contributed by atoms with van der Waals surface area (Å²) in [5.41, 5.74) is 2.93. The third-order valence-corrected chi connectivity index (χ3v) is 4.73. The van der Waals surface area contributed by atoms with Crippen molar-refractivity contribution in [2.45, 2.75) is 25.9 Å². The van der Waals surface area contributed by atoms with Crippen LogP contribution in [0.15, 0.2) is 42.4 Å². The summed E-state index contributed by atoms with van der Waals surface area (Å²) in [6, 6.07) is 8.09. The highest BCUT2D eigenvalue weighted by Crippen LogP contribution is 2.18. The number of likely N-dealkylation sites (tertiary alicyclic amines) is 1. The maximum absolute atomic E-state index is 11.5. The van der Waals surface area contributed by atoms with Crippen molar-refractivity contribution in [1.82, 2.24) is 20.3 Å². The lowest BCUT2D eigenvalue weighted by Crippen LogP contribution is -2.26. The number of carbonyl (C=O) groups is 2. The molecule has 0 saturated carbocycles. The van der Waals surface area contributed by atoms with E-state index in [9.17, 15) is 9.59 Å². The molecular formula is C20H22ClN5O4. The Balaban J connectivity index is 1.56. The van der Waals surface area contributed by atoms with Crippen molar-refractivity contribution in [3.05, 3.63) is 58.7 Å². The van der Waals surface area contributed by atoms with E-state index in [1.54, 1.807) is 0 Å². The van der Waals surface area contributed by atoms with Gasteiger partial charge in [-0.3, -0.25) is 24.7 Å². The summed E-state index contributed by atoms with van der Waals surface area (Å²) in [5, 5.41) is 12.8. The number of hydrogen-bond acceptors (Lipinski definition) is 8. The van der Waals surface area contributed by atoms with E-state index in [1.807, 2.05) is 24.3 Å². The van der Waals surface area contributed by atoms with Crippen LogP contribution in [-0.4, -0.2) is 51.1 Å². The number of esters is 1. The number of hydroxylamine groups is 1. The third kappa shape index (κ3) is 6.24. The van der Waals surface area contributed by atoms with Gasteiger partial charge in [-0.2, -0.15) is 0 Å². The van der Waals surface area contributed by atoms with Crippen LogP contribution in [-0.2, 0) is 20.9 Å². The highest BCUT2D eigenvalue weighted by molar-refractivity contribution is 6.30. The quantitative estimate of drug-likeness (QED) is 0.201. The first-order valence-corrected chi connectivity index (χ1v) is 9.70. The number of amides is 1. The van der Waals surface area contributed by atoms with Gasteiger partial charge in [-0.25, -0.2) is 10.5 Å². The number of hydrogen-bond donors (Lipinski definition) is 3. The Morgan fingerprint density at radius 2 is 2.07 bits per heavy atom. The smallest absolute Gasteiger partial charge is 0.310 e. The zero-order valence-corrected chi connectivity index (χ0v) is 17.1. The molecule has 2 aromatic rings. The number of anilines is 1. The van der Waals surface area contributed by atoms with E-state index in [0.29, 0.717) is 11.5 Å². The van der Waals surface area contributed by atoms with Crippen LogP contribution in [0.5, 0.6) is 0 Å². The van der Waals surface area contributed by atoms with Crippen molar-refractivity contribution in [2.75, 3.05) is 18.4 Å². The predicted octanol–water partition coefficient (Wildman–Crippen LogP) is 2.23. The molecule has 3 rings (SSSR count). The molecule has 30 heavy (non-hydrogen) atoms. The van der Waals surface area contributed by atoms with Crippen LogP contribution in [0.1, 0.15) is 24.6 Å². The molecule has 1 atom stereocenters. The molecule has 0 aliphatic carbocycles. The number of halogens is 1. The van der Waals surface area contributed by atoms with Crippen molar-refractivity contribution >= 4 is 35.4 Å². The first-order chi connectivity index (χ1) is 14.4. The molecule has 2 heterocycles. The minimum atomic E-state index is -0.957. The van der Waals surface area contributed by atoms with Crippen LogP contribution in [0.2, 0.25) is 5.02 Å². The molecule has 0 radical (unpaired) electrons. The fourth-order valence-corrected chi connectivity index (χ4v) is 3.25. The summed E-state index contributed by atoms with van der Waals surface area (Å²) < 4.78 is 4.77. The monoisotopic (exact) mass is 431 g/mol. The van der Waals surface area contributed by atoms with Crippen LogP contribution in [0.25, 0.3) is 6.08 Å². The van der Waals surface area contributed by atoms with Gasteiger partial charge in [-0.15, -0.1) is 0 Å². The van der Waals surface area contributed by atoms with Gasteiger partial charge in [0.2, 0.25) is 0 Å². The van der Waals surface area contributed by atoms with Crippen molar-refractivity contribution < 1.29 is 19.5 Å². The van der Waals surface area contributed by atoms with Gasteiger partial charge >= 0.3 is 11.9 Å².